The van der Waals surface area contributed by atoms with Crippen LogP contribution < -0.4 is 4.90 Å². The van der Waals surface area contributed by atoms with Crippen LogP contribution >= 0.6 is 31.9 Å². The minimum Gasteiger partial charge on any atom is -0.312 e. The van der Waals surface area contributed by atoms with Crippen LogP contribution in [-0.2, 0) is 11.2 Å². The van der Waals surface area contributed by atoms with E-state index < -0.39 is 0 Å². The van der Waals surface area contributed by atoms with Crippen LogP contribution in [0.4, 0.5) is 5.69 Å². The van der Waals surface area contributed by atoms with Crippen LogP contribution in [0.3, 0.4) is 0 Å². The minimum absolute atomic E-state index is 0.212. The maximum atomic E-state index is 12.7. The van der Waals surface area contributed by atoms with Gasteiger partial charge in [0, 0.05) is 12.2 Å². The summed E-state index contributed by atoms with van der Waals surface area (Å²) < 4.78 is -0.212. The number of fused-ring (bicyclic) bond motifs is 1. The highest BCUT2D eigenvalue weighted by molar-refractivity contribution is 9.25. The van der Waals surface area contributed by atoms with Gasteiger partial charge in [0.15, 0.2) is 0 Å². The predicted octanol–water partition coefficient (Wildman–Crippen LogP) is 3.86. The normalized spacial score (nSPS) is 28.7. The molecule has 1 aliphatic carbocycles. The third kappa shape index (κ3) is 1.76. The zero-order valence-corrected chi connectivity index (χ0v) is 13.4. The molecule has 1 heterocycles. The Morgan fingerprint density at radius 3 is 2.67 bits per heavy atom. The van der Waals surface area contributed by atoms with Crippen molar-refractivity contribution in [1.29, 1.82) is 0 Å². The lowest BCUT2D eigenvalue weighted by Crippen LogP contribution is -2.41. The van der Waals surface area contributed by atoms with Gasteiger partial charge >= 0.3 is 0 Å². The van der Waals surface area contributed by atoms with E-state index in [0.717, 1.165) is 31.5 Å². The Labute approximate surface area is 124 Å². The number of rotatable bonds is 1. The first-order chi connectivity index (χ1) is 8.46. The molecule has 1 unspecified atom stereocenters. The van der Waals surface area contributed by atoms with Gasteiger partial charge in [-0.05, 0) is 37.8 Å². The summed E-state index contributed by atoms with van der Waals surface area (Å²) in [6, 6.07) is 8.24. The molecule has 1 atom stereocenters. The lowest BCUT2D eigenvalue weighted by molar-refractivity contribution is -0.123. The van der Waals surface area contributed by atoms with Gasteiger partial charge < -0.3 is 4.90 Å². The quantitative estimate of drug-likeness (QED) is 0.685. The molecule has 1 aromatic rings. The van der Waals surface area contributed by atoms with E-state index in [9.17, 15) is 4.79 Å². The molecule has 0 radical (unpaired) electrons. The van der Waals surface area contributed by atoms with Gasteiger partial charge in [-0.1, -0.05) is 50.1 Å². The SMILES string of the molecule is CC1(C(=O)N2CCCc3ccccc32)CC1(Br)Br. The van der Waals surface area contributed by atoms with Crippen molar-refractivity contribution in [3.63, 3.8) is 0 Å². The number of alkyl halides is 2. The Morgan fingerprint density at radius 2 is 2.00 bits per heavy atom. The average molecular weight is 373 g/mol. The van der Waals surface area contributed by atoms with Gasteiger partial charge in [-0.2, -0.15) is 0 Å². The molecule has 1 aromatic carbocycles. The monoisotopic (exact) mass is 371 g/mol. The predicted molar refractivity (Wildman–Crippen MR) is 80.4 cm³/mol. The molecular formula is C14H15Br2NO. The van der Waals surface area contributed by atoms with Crippen LogP contribution in [-0.4, -0.2) is 15.7 Å². The van der Waals surface area contributed by atoms with E-state index in [1.807, 2.05) is 24.0 Å². The van der Waals surface area contributed by atoms with Gasteiger partial charge in [0.2, 0.25) is 5.91 Å². The highest BCUT2D eigenvalue weighted by atomic mass is 79.9. The molecule has 0 spiro atoms. The van der Waals surface area contributed by atoms with Gasteiger partial charge in [-0.3, -0.25) is 4.79 Å². The summed E-state index contributed by atoms with van der Waals surface area (Å²) in [4.78, 5) is 14.7. The maximum Gasteiger partial charge on any atom is 0.235 e. The van der Waals surface area contributed by atoms with E-state index in [4.69, 9.17) is 0 Å². The second-order valence-corrected chi connectivity index (χ2v) is 9.17. The zero-order chi connectivity index (χ0) is 13.0. The van der Waals surface area contributed by atoms with Crippen LogP contribution in [0.1, 0.15) is 25.3 Å². The highest BCUT2D eigenvalue weighted by Crippen LogP contribution is 2.67. The molecule has 96 valence electrons. The fraction of sp³-hybridized carbons (Fsp3) is 0.500. The summed E-state index contributed by atoms with van der Waals surface area (Å²) in [5.74, 6) is 0.225. The van der Waals surface area contributed by atoms with Gasteiger partial charge in [0.25, 0.3) is 0 Å². The minimum atomic E-state index is -0.322. The number of hydrogen-bond donors (Lipinski definition) is 0. The van der Waals surface area contributed by atoms with Crippen molar-refractivity contribution in [3.8, 4) is 0 Å². The fourth-order valence-electron chi connectivity index (χ4n) is 2.67. The molecule has 3 rings (SSSR count). The van der Waals surface area contributed by atoms with Crippen molar-refractivity contribution < 1.29 is 4.79 Å². The van der Waals surface area contributed by atoms with Crippen LogP contribution in [0, 0.1) is 5.41 Å². The molecule has 2 nitrogen and oxygen atoms in total. The van der Waals surface area contributed by atoms with Crippen LogP contribution in [0.15, 0.2) is 24.3 Å². The molecule has 0 aromatic heterocycles. The van der Waals surface area contributed by atoms with Crippen molar-refractivity contribution in [3.05, 3.63) is 29.8 Å². The summed E-state index contributed by atoms with van der Waals surface area (Å²) in [7, 11) is 0. The molecule has 4 heteroatoms. The second-order valence-electron chi connectivity index (χ2n) is 5.40. The lowest BCUT2D eigenvalue weighted by atomic mass is 9.99. The largest absolute Gasteiger partial charge is 0.312 e. The number of aryl methyl sites for hydroxylation is 1. The van der Waals surface area contributed by atoms with Crippen molar-refractivity contribution >= 4 is 43.5 Å². The second kappa shape index (κ2) is 4.07. The third-order valence-corrected chi connectivity index (χ3v) is 6.40. The Bertz CT molecular complexity index is 514. The highest BCUT2D eigenvalue weighted by Gasteiger charge is 2.67. The molecule has 18 heavy (non-hydrogen) atoms. The number of carbonyl (C=O) groups is 1. The number of carbonyl (C=O) groups excluding carboxylic acids is 1. The summed E-state index contributed by atoms with van der Waals surface area (Å²) in [6.07, 6.45) is 2.97. The lowest BCUT2D eigenvalue weighted by Gasteiger charge is -2.32. The van der Waals surface area contributed by atoms with E-state index in [2.05, 4.69) is 44.0 Å². The Kier molecular flexibility index (Phi) is 2.87. The van der Waals surface area contributed by atoms with E-state index in [0.29, 0.717) is 0 Å². The average Bonchev–Trinajstić information content (AvgIpc) is 2.88. The first-order valence-corrected chi connectivity index (χ1v) is 7.82. The summed E-state index contributed by atoms with van der Waals surface area (Å²) in [5.41, 5.74) is 2.06. The topological polar surface area (TPSA) is 20.3 Å². The molecular weight excluding hydrogens is 358 g/mol. The molecule has 0 bridgehead atoms. The number of hydrogen-bond acceptors (Lipinski definition) is 1. The zero-order valence-electron chi connectivity index (χ0n) is 10.2. The van der Waals surface area contributed by atoms with Crippen molar-refractivity contribution in [2.24, 2.45) is 5.41 Å². The first kappa shape index (κ1) is 12.7. The summed E-state index contributed by atoms with van der Waals surface area (Å²) in [5, 5.41) is 0. The van der Waals surface area contributed by atoms with Crippen LogP contribution in [0.2, 0.25) is 0 Å². The van der Waals surface area contributed by atoms with Gasteiger partial charge in [-0.25, -0.2) is 0 Å². The number of amides is 1. The molecule has 2 aliphatic rings. The van der Waals surface area contributed by atoms with E-state index in [1.54, 1.807) is 0 Å². The van der Waals surface area contributed by atoms with E-state index >= 15 is 0 Å². The molecule has 1 amide bonds. The number of anilines is 1. The molecule has 0 saturated heterocycles. The van der Waals surface area contributed by atoms with Crippen LogP contribution in [0.5, 0.6) is 0 Å². The van der Waals surface area contributed by atoms with Gasteiger partial charge in [0.05, 0.1) is 8.65 Å². The number of halogens is 2. The van der Waals surface area contributed by atoms with Gasteiger partial charge in [0.1, 0.15) is 0 Å². The number of nitrogens with zero attached hydrogens (tertiary/aromatic N) is 1. The Hall–Kier alpha value is -0.350. The molecule has 1 aliphatic heterocycles. The van der Waals surface area contributed by atoms with Gasteiger partial charge in [-0.15, -0.1) is 0 Å². The molecule has 1 fully saturated rings. The Balaban J connectivity index is 1.94. The Morgan fingerprint density at radius 1 is 1.33 bits per heavy atom. The van der Waals surface area contributed by atoms with E-state index in [-0.39, 0.29) is 14.6 Å². The summed E-state index contributed by atoms with van der Waals surface area (Å²) in [6.45, 7) is 2.86. The molecule has 1 saturated carbocycles. The van der Waals surface area contributed by atoms with Crippen LogP contribution in [0.25, 0.3) is 0 Å². The number of para-hydroxylation sites is 1. The number of benzene rings is 1. The van der Waals surface area contributed by atoms with Crippen molar-refractivity contribution in [2.45, 2.75) is 29.4 Å². The van der Waals surface area contributed by atoms with Crippen molar-refractivity contribution in [1.82, 2.24) is 0 Å². The molecule has 0 N–H and O–H groups in total. The fourth-order valence-corrected chi connectivity index (χ4v) is 4.14. The maximum absolute atomic E-state index is 12.7. The third-order valence-electron chi connectivity index (χ3n) is 4.09. The first-order valence-electron chi connectivity index (χ1n) is 6.23. The summed E-state index contributed by atoms with van der Waals surface area (Å²) >= 11 is 7.17. The van der Waals surface area contributed by atoms with Crippen molar-refractivity contribution in [2.75, 3.05) is 11.4 Å². The smallest absolute Gasteiger partial charge is 0.235 e. The standard InChI is InChI=1S/C14H15Br2NO/c1-13(9-14(13,15)16)12(18)17-8-4-6-10-5-2-3-7-11(10)17/h2-3,5,7H,4,6,8-9H2,1H3. The van der Waals surface area contributed by atoms with E-state index in [1.165, 1.54) is 5.56 Å².